The number of unbranched alkanes of at least 4 members (excludes halogenated alkanes) is 1. The number of halogens is 2. The Bertz CT molecular complexity index is 469. The zero-order chi connectivity index (χ0) is 15.7. The molecule has 126 valence electrons. The molecule has 0 aromatic carbocycles. The van der Waals surface area contributed by atoms with Gasteiger partial charge < -0.3 is 15.8 Å². The maximum absolute atomic E-state index is 6.15. The number of guanidine groups is 1. The number of pyridine rings is 1. The summed E-state index contributed by atoms with van der Waals surface area (Å²) in [6.07, 6.45) is 3.91. The molecule has 0 radical (unpaired) electrons. The highest BCUT2D eigenvalue weighted by Crippen LogP contribution is 2.23. The Kier molecular flexibility index (Phi) is 11.4. The molecule has 1 rings (SSSR count). The first-order valence-corrected chi connectivity index (χ1v) is 7.71. The van der Waals surface area contributed by atoms with E-state index in [-0.39, 0.29) is 24.0 Å². The van der Waals surface area contributed by atoms with Crippen molar-refractivity contribution < 1.29 is 4.74 Å². The zero-order valence-electron chi connectivity index (χ0n) is 13.4. The number of hydrogen-bond donors (Lipinski definition) is 2. The van der Waals surface area contributed by atoms with Crippen LogP contribution in [0.15, 0.2) is 17.3 Å². The van der Waals surface area contributed by atoms with Crippen molar-refractivity contribution in [1.29, 1.82) is 0 Å². The maximum Gasteiger partial charge on any atom is 0.232 e. The van der Waals surface area contributed by atoms with Crippen LogP contribution in [0.5, 0.6) is 5.88 Å². The lowest BCUT2D eigenvalue weighted by atomic mass is 10.2. The standard InChI is InChI=1S/C15H25ClN4O.HI/c1-4-5-6-18-15(17)20-9-12-7-13(16)14(19-8-12)21-10-11(2)3;/h7-8,11H,4-6,9-10H2,1-3H3,(H3,17,18,20);1H. The van der Waals surface area contributed by atoms with Gasteiger partial charge in [0, 0.05) is 12.7 Å². The van der Waals surface area contributed by atoms with Crippen LogP contribution in [0.1, 0.15) is 39.2 Å². The van der Waals surface area contributed by atoms with E-state index >= 15 is 0 Å². The molecule has 0 aliphatic carbocycles. The number of nitrogens with zero attached hydrogens (tertiary/aromatic N) is 2. The molecule has 0 bridgehead atoms. The number of aliphatic imine (C=N–C) groups is 1. The molecule has 0 fully saturated rings. The predicted molar refractivity (Wildman–Crippen MR) is 103 cm³/mol. The zero-order valence-corrected chi connectivity index (χ0v) is 16.5. The molecule has 5 nitrogen and oxygen atoms in total. The fraction of sp³-hybridized carbons (Fsp3) is 0.600. The molecule has 0 spiro atoms. The van der Waals surface area contributed by atoms with E-state index in [2.05, 4.69) is 36.1 Å². The Morgan fingerprint density at radius 1 is 1.50 bits per heavy atom. The minimum absolute atomic E-state index is 0. The van der Waals surface area contributed by atoms with Crippen LogP contribution in [0.2, 0.25) is 5.02 Å². The molecule has 3 N–H and O–H groups in total. The summed E-state index contributed by atoms with van der Waals surface area (Å²) < 4.78 is 5.53. The van der Waals surface area contributed by atoms with Crippen molar-refractivity contribution in [3.8, 4) is 5.88 Å². The molecule has 0 saturated carbocycles. The van der Waals surface area contributed by atoms with Crippen molar-refractivity contribution in [3.63, 3.8) is 0 Å². The summed E-state index contributed by atoms with van der Waals surface area (Å²) in [7, 11) is 0. The molecule has 0 atom stereocenters. The Labute approximate surface area is 155 Å². The van der Waals surface area contributed by atoms with Gasteiger partial charge in [-0.3, -0.25) is 0 Å². The molecule has 22 heavy (non-hydrogen) atoms. The van der Waals surface area contributed by atoms with E-state index in [0.29, 0.717) is 35.9 Å². The topological polar surface area (TPSA) is 72.5 Å². The van der Waals surface area contributed by atoms with E-state index in [1.807, 2.05) is 6.07 Å². The second-order valence-corrected chi connectivity index (χ2v) is 5.72. The quantitative estimate of drug-likeness (QED) is 0.280. The van der Waals surface area contributed by atoms with Gasteiger partial charge in [0.15, 0.2) is 5.96 Å². The van der Waals surface area contributed by atoms with Crippen molar-refractivity contribution in [3.05, 3.63) is 22.8 Å². The van der Waals surface area contributed by atoms with Crippen LogP contribution in [0.3, 0.4) is 0 Å². The number of aromatic nitrogens is 1. The Hall–Kier alpha value is -0.760. The number of ether oxygens (including phenoxy) is 1. The van der Waals surface area contributed by atoms with E-state index < -0.39 is 0 Å². The van der Waals surface area contributed by atoms with Crippen LogP contribution in [0.4, 0.5) is 0 Å². The van der Waals surface area contributed by atoms with E-state index in [1.54, 1.807) is 6.20 Å². The van der Waals surface area contributed by atoms with E-state index in [9.17, 15) is 0 Å². The third-order valence-electron chi connectivity index (χ3n) is 2.69. The van der Waals surface area contributed by atoms with Gasteiger partial charge in [-0.15, -0.1) is 24.0 Å². The average Bonchev–Trinajstić information content (AvgIpc) is 2.44. The Morgan fingerprint density at radius 2 is 2.23 bits per heavy atom. The maximum atomic E-state index is 6.15. The van der Waals surface area contributed by atoms with Crippen molar-refractivity contribution >= 4 is 41.5 Å². The lowest BCUT2D eigenvalue weighted by Gasteiger charge is -2.10. The summed E-state index contributed by atoms with van der Waals surface area (Å²) in [5.74, 6) is 1.34. The number of nitrogens with one attached hydrogen (secondary N) is 1. The van der Waals surface area contributed by atoms with Crippen LogP contribution in [0, 0.1) is 5.92 Å². The van der Waals surface area contributed by atoms with Gasteiger partial charge in [-0.1, -0.05) is 38.8 Å². The summed E-state index contributed by atoms with van der Waals surface area (Å²) in [5, 5.41) is 3.56. The third kappa shape index (κ3) is 8.63. The summed E-state index contributed by atoms with van der Waals surface area (Å²) in [4.78, 5) is 8.47. The smallest absolute Gasteiger partial charge is 0.232 e. The van der Waals surface area contributed by atoms with Crippen molar-refractivity contribution in [2.75, 3.05) is 13.2 Å². The van der Waals surface area contributed by atoms with Gasteiger partial charge in [-0.25, -0.2) is 9.98 Å². The Morgan fingerprint density at radius 3 is 2.82 bits per heavy atom. The summed E-state index contributed by atoms with van der Waals surface area (Å²) in [6.45, 7) is 8.16. The fourth-order valence-electron chi connectivity index (χ4n) is 1.53. The summed E-state index contributed by atoms with van der Waals surface area (Å²) >= 11 is 6.15. The lowest BCUT2D eigenvalue weighted by Crippen LogP contribution is -2.32. The minimum Gasteiger partial charge on any atom is -0.476 e. The SMILES string of the molecule is CCCCNC(N)=NCc1cnc(OCC(C)C)c(Cl)c1.I. The molecule has 0 saturated heterocycles. The van der Waals surface area contributed by atoms with Gasteiger partial charge in [0.05, 0.1) is 13.2 Å². The summed E-state index contributed by atoms with van der Waals surface area (Å²) in [6, 6.07) is 1.81. The van der Waals surface area contributed by atoms with Gasteiger partial charge in [0.25, 0.3) is 0 Å². The van der Waals surface area contributed by atoms with E-state index in [0.717, 1.165) is 24.9 Å². The second kappa shape index (κ2) is 11.8. The monoisotopic (exact) mass is 440 g/mol. The minimum atomic E-state index is 0. The molecular formula is C15H26ClIN4O. The molecule has 0 amide bonds. The van der Waals surface area contributed by atoms with Crippen molar-refractivity contribution in [2.45, 2.75) is 40.2 Å². The van der Waals surface area contributed by atoms with Crippen LogP contribution in [-0.2, 0) is 6.54 Å². The second-order valence-electron chi connectivity index (χ2n) is 5.32. The van der Waals surface area contributed by atoms with Crippen LogP contribution >= 0.6 is 35.6 Å². The number of nitrogens with two attached hydrogens (primary N) is 1. The van der Waals surface area contributed by atoms with Gasteiger partial charge in [-0.05, 0) is 24.0 Å². The predicted octanol–water partition coefficient (Wildman–Crippen LogP) is 3.59. The van der Waals surface area contributed by atoms with E-state index in [1.165, 1.54) is 0 Å². The van der Waals surface area contributed by atoms with Crippen molar-refractivity contribution in [1.82, 2.24) is 10.3 Å². The highest BCUT2D eigenvalue weighted by molar-refractivity contribution is 14.0. The Balaban J connectivity index is 0.00000441. The number of hydrogen-bond acceptors (Lipinski definition) is 3. The third-order valence-corrected chi connectivity index (χ3v) is 2.96. The molecule has 0 aliphatic heterocycles. The van der Waals surface area contributed by atoms with E-state index in [4.69, 9.17) is 22.1 Å². The van der Waals surface area contributed by atoms with Gasteiger partial charge >= 0.3 is 0 Å². The highest BCUT2D eigenvalue weighted by atomic mass is 127. The molecular weight excluding hydrogens is 415 g/mol. The molecule has 1 aromatic rings. The first-order chi connectivity index (χ1) is 10.0. The van der Waals surface area contributed by atoms with Crippen LogP contribution < -0.4 is 15.8 Å². The first-order valence-electron chi connectivity index (χ1n) is 7.34. The molecule has 1 heterocycles. The first kappa shape index (κ1) is 21.2. The largest absolute Gasteiger partial charge is 0.476 e. The fourth-order valence-corrected chi connectivity index (χ4v) is 1.77. The van der Waals surface area contributed by atoms with Crippen LogP contribution in [-0.4, -0.2) is 24.1 Å². The average molecular weight is 441 g/mol. The highest BCUT2D eigenvalue weighted by Gasteiger charge is 2.06. The lowest BCUT2D eigenvalue weighted by molar-refractivity contribution is 0.261. The molecule has 0 aliphatic rings. The van der Waals surface area contributed by atoms with Crippen LogP contribution in [0.25, 0.3) is 0 Å². The molecule has 1 aromatic heterocycles. The summed E-state index contributed by atoms with van der Waals surface area (Å²) in [5.41, 5.74) is 6.67. The number of rotatable bonds is 8. The van der Waals surface area contributed by atoms with Crippen molar-refractivity contribution in [2.24, 2.45) is 16.6 Å². The van der Waals surface area contributed by atoms with Gasteiger partial charge in [0.2, 0.25) is 5.88 Å². The molecule has 7 heteroatoms. The van der Waals surface area contributed by atoms with Gasteiger partial charge in [-0.2, -0.15) is 0 Å². The molecule has 0 unspecified atom stereocenters. The van der Waals surface area contributed by atoms with Gasteiger partial charge in [0.1, 0.15) is 5.02 Å². The normalized spacial score (nSPS) is 11.2.